The molecule has 0 saturated carbocycles. The zero-order chi connectivity index (χ0) is 15.6. The number of fused-ring (bicyclic) bond motifs is 1. The zero-order valence-electron chi connectivity index (χ0n) is 12.7. The van der Waals surface area contributed by atoms with Crippen molar-refractivity contribution in [1.29, 1.82) is 0 Å². The van der Waals surface area contributed by atoms with E-state index >= 15 is 0 Å². The summed E-state index contributed by atoms with van der Waals surface area (Å²) in [6.07, 6.45) is 1.90. The maximum atomic E-state index is 13.9. The van der Waals surface area contributed by atoms with Crippen molar-refractivity contribution in [3.05, 3.63) is 54.5 Å². The number of rotatable bonds is 3. The van der Waals surface area contributed by atoms with E-state index in [-0.39, 0.29) is 5.82 Å². The molecule has 0 unspecified atom stereocenters. The van der Waals surface area contributed by atoms with Gasteiger partial charge in [-0.05, 0) is 18.2 Å². The largest absolute Gasteiger partial charge is 0.368 e. The van der Waals surface area contributed by atoms with E-state index in [1.54, 1.807) is 17.8 Å². The van der Waals surface area contributed by atoms with E-state index in [9.17, 15) is 4.39 Å². The molecule has 23 heavy (non-hydrogen) atoms. The smallest absolute Gasteiger partial charge is 0.147 e. The molecule has 1 saturated heterocycles. The third-order valence-corrected chi connectivity index (χ3v) is 5.29. The van der Waals surface area contributed by atoms with E-state index < -0.39 is 0 Å². The van der Waals surface area contributed by atoms with Crippen LogP contribution in [0.1, 0.15) is 0 Å². The summed E-state index contributed by atoms with van der Waals surface area (Å²) in [5.74, 6) is -0.204. The van der Waals surface area contributed by atoms with Crippen LogP contribution in [0.2, 0.25) is 0 Å². The number of para-hydroxylation sites is 2. The molecule has 1 aliphatic heterocycles. The fourth-order valence-electron chi connectivity index (χ4n) is 3.00. The van der Waals surface area contributed by atoms with Crippen LogP contribution in [0.15, 0.2) is 58.5 Å². The predicted molar refractivity (Wildman–Crippen MR) is 93.9 cm³/mol. The molecular formula is C18H18FN3S. The summed E-state index contributed by atoms with van der Waals surface area (Å²) >= 11 is 1.69. The number of benzene rings is 2. The summed E-state index contributed by atoms with van der Waals surface area (Å²) in [6, 6.07) is 13.7. The lowest BCUT2D eigenvalue weighted by Gasteiger charge is -2.30. The van der Waals surface area contributed by atoms with Crippen LogP contribution in [0, 0.1) is 5.82 Å². The Hall–Kier alpha value is -1.98. The first kappa shape index (κ1) is 14.6. The molecule has 3 nitrogen and oxygen atoms in total. The molecule has 2 N–H and O–H groups in total. The highest BCUT2D eigenvalue weighted by molar-refractivity contribution is 7.99. The van der Waals surface area contributed by atoms with Gasteiger partial charge < -0.3 is 15.2 Å². The maximum absolute atomic E-state index is 13.9. The molecular weight excluding hydrogens is 309 g/mol. The van der Waals surface area contributed by atoms with E-state index in [0.717, 1.165) is 36.5 Å². The standard InChI is InChI=1S/C18H18FN3S/c19-14-5-3-4-13-17(12-21-18(13)14)23-16-7-2-1-6-15(16)22-10-8-20-9-11-22/h1-7,12,20-21H,8-11H2. The monoisotopic (exact) mass is 327 g/mol. The summed E-state index contributed by atoms with van der Waals surface area (Å²) in [4.78, 5) is 7.73. The molecule has 2 aromatic carbocycles. The van der Waals surface area contributed by atoms with Crippen LogP contribution in [-0.2, 0) is 0 Å². The van der Waals surface area contributed by atoms with Crippen molar-refractivity contribution in [3.63, 3.8) is 0 Å². The topological polar surface area (TPSA) is 31.1 Å². The van der Waals surface area contributed by atoms with Gasteiger partial charge in [0.1, 0.15) is 5.82 Å². The van der Waals surface area contributed by atoms with Gasteiger partial charge in [-0.25, -0.2) is 4.39 Å². The second-order valence-corrected chi connectivity index (χ2v) is 6.71. The van der Waals surface area contributed by atoms with Crippen molar-refractivity contribution in [1.82, 2.24) is 10.3 Å². The van der Waals surface area contributed by atoms with E-state index in [4.69, 9.17) is 0 Å². The van der Waals surface area contributed by atoms with Gasteiger partial charge in [0.05, 0.1) is 11.2 Å². The van der Waals surface area contributed by atoms with Crippen molar-refractivity contribution in [2.24, 2.45) is 0 Å². The molecule has 0 radical (unpaired) electrons. The Morgan fingerprint density at radius 3 is 2.65 bits per heavy atom. The lowest BCUT2D eigenvalue weighted by atomic mass is 10.2. The molecule has 118 valence electrons. The Morgan fingerprint density at radius 2 is 1.78 bits per heavy atom. The number of aromatic amines is 1. The Bertz CT molecular complexity index is 824. The lowest BCUT2D eigenvalue weighted by Crippen LogP contribution is -2.43. The normalized spacial score (nSPS) is 15.3. The summed E-state index contributed by atoms with van der Waals surface area (Å²) in [6.45, 7) is 4.05. The van der Waals surface area contributed by atoms with Crippen LogP contribution in [0.5, 0.6) is 0 Å². The van der Waals surface area contributed by atoms with Crippen LogP contribution >= 0.6 is 11.8 Å². The van der Waals surface area contributed by atoms with Gasteiger partial charge in [0.2, 0.25) is 0 Å². The van der Waals surface area contributed by atoms with Gasteiger partial charge in [0.25, 0.3) is 0 Å². The van der Waals surface area contributed by atoms with Crippen LogP contribution in [-0.4, -0.2) is 31.2 Å². The van der Waals surface area contributed by atoms with Gasteiger partial charge in [-0.1, -0.05) is 36.0 Å². The summed E-state index contributed by atoms with van der Waals surface area (Å²) < 4.78 is 13.9. The predicted octanol–water partition coefficient (Wildman–Crippen LogP) is 3.87. The number of piperazine rings is 1. The van der Waals surface area contributed by atoms with Gasteiger partial charge in [0, 0.05) is 47.6 Å². The molecule has 0 bridgehead atoms. The number of anilines is 1. The van der Waals surface area contributed by atoms with E-state index in [1.165, 1.54) is 16.6 Å². The molecule has 2 heterocycles. The molecule has 5 heteroatoms. The van der Waals surface area contributed by atoms with Gasteiger partial charge in [0.15, 0.2) is 0 Å². The van der Waals surface area contributed by atoms with E-state index in [0.29, 0.717) is 5.52 Å². The minimum atomic E-state index is -0.204. The van der Waals surface area contributed by atoms with Crippen molar-refractivity contribution < 1.29 is 4.39 Å². The first-order valence-corrected chi connectivity index (χ1v) is 8.63. The van der Waals surface area contributed by atoms with Gasteiger partial charge in [-0.15, -0.1) is 0 Å². The number of nitrogens with zero attached hydrogens (tertiary/aromatic N) is 1. The third-order valence-electron chi connectivity index (χ3n) is 4.17. The maximum Gasteiger partial charge on any atom is 0.147 e. The summed E-state index contributed by atoms with van der Waals surface area (Å²) in [5, 5.41) is 4.32. The molecule has 4 rings (SSSR count). The Balaban J connectivity index is 1.69. The van der Waals surface area contributed by atoms with Crippen molar-refractivity contribution in [2.75, 3.05) is 31.1 Å². The Morgan fingerprint density at radius 1 is 0.957 bits per heavy atom. The highest BCUT2D eigenvalue weighted by Gasteiger charge is 2.16. The quantitative estimate of drug-likeness (QED) is 0.766. The van der Waals surface area contributed by atoms with Gasteiger partial charge in [-0.3, -0.25) is 0 Å². The minimum Gasteiger partial charge on any atom is -0.368 e. The second kappa shape index (κ2) is 6.26. The molecule has 1 aromatic heterocycles. The Labute approximate surface area is 138 Å². The first-order chi connectivity index (χ1) is 11.3. The first-order valence-electron chi connectivity index (χ1n) is 7.81. The SMILES string of the molecule is Fc1cccc2c(Sc3ccccc3N3CCNCC3)c[nH]c12. The fraction of sp³-hybridized carbons (Fsp3) is 0.222. The number of nitrogens with one attached hydrogen (secondary N) is 2. The van der Waals surface area contributed by atoms with Gasteiger partial charge in [-0.2, -0.15) is 0 Å². The number of hydrogen-bond acceptors (Lipinski definition) is 3. The Kier molecular flexibility index (Phi) is 3.97. The van der Waals surface area contributed by atoms with E-state index in [1.807, 2.05) is 12.3 Å². The van der Waals surface area contributed by atoms with Crippen LogP contribution in [0.25, 0.3) is 10.9 Å². The van der Waals surface area contributed by atoms with Crippen molar-refractivity contribution >= 4 is 28.4 Å². The lowest BCUT2D eigenvalue weighted by molar-refractivity contribution is 0.587. The zero-order valence-corrected chi connectivity index (χ0v) is 13.5. The summed E-state index contributed by atoms with van der Waals surface area (Å²) in [7, 11) is 0. The molecule has 0 aliphatic carbocycles. The number of H-pyrrole nitrogens is 1. The second-order valence-electron chi connectivity index (χ2n) is 5.62. The highest BCUT2D eigenvalue weighted by Crippen LogP contribution is 2.39. The fourth-order valence-corrected chi connectivity index (χ4v) is 4.09. The van der Waals surface area contributed by atoms with Crippen molar-refractivity contribution in [2.45, 2.75) is 9.79 Å². The average molecular weight is 327 g/mol. The molecule has 0 amide bonds. The number of aromatic nitrogens is 1. The third kappa shape index (κ3) is 2.82. The molecule has 0 spiro atoms. The summed E-state index contributed by atoms with van der Waals surface area (Å²) in [5.41, 5.74) is 1.83. The molecule has 1 fully saturated rings. The number of halogens is 1. The molecule has 3 aromatic rings. The number of hydrogen-bond donors (Lipinski definition) is 2. The van der Waals surface area contributed by atoms with Crippen molar-refractivity contribution in [3.8, 4) is 0 Å². The molecule has 0 atom stereocenters. The molecule has 1 aliphatic rings. The van der Waals surface area contributed by atoms with E-state index in [2.05, 4.69) is 39.5 Å². The van der Waals surface area contributed by atoms with Crippen LogP contribution in [0.4, 0.5) is 10.1 Å². The van der Waals surface area contributed by atoms with Crippen LogP contribution < -0.4 is 10.2 Å². The van der Waals surface area contributed by atoms with Gasteiger partial charge >= 0.3 is 0 Å². The minimum absolute atomic E-state index is 0.204. The van der Waals surface area contributed by atoms with Crippen LogP contribution in [0.3, 0.4) is 0 Å². The highest BCUT2D eigenvalue weighted by atomic mass is 32.2. The average Bonchev–Trinajstić information content (AvgIpc) is 3.01.